The fourth-order valence-electron chi connectivity index (χ4n) is 0.938. The highest BCUT2D eigenvalue weighted by Crippen LogP contribution is 2.14. The van der Waals surface area contributed by atoms with E-state index in [1.165, 1.54) is 0 Å². The van der Waals surface area contributed by atoms with Gasteiger partial charge in [-0.25, -0.2) is 13.6 Å². The van der Waals surface area contributed by atoms with Crippen LogP contribution in [-0.4, -0.2) is 16.4 Å². The maximum absolute atomic E-state index is 13.2. The summed E-state index contributed by atoms with van der Waals surface area (Å²) < 4.78 is 26.3. The second-order valence-corrected chi connectivity index (χ2v) is 3.12. The van der Waals surface area contributed by atoms with Gasteiger partial charge >= 0.3 is 5.97 Å². The molecule has 1 rings (SSSR count). The molecule has 0 aliphatic heterocycles. The van der Waals surface area contributed by atoms with Crippen molar-refractivity contribution in [2.24, 2.45) is 0 Å². The van der Waals surface area contributed by atoms with Gasteiger partial charge in [-0.2, -0.15) is 0 Å². The predicted octanol–water partition coefficient (Wildman–Crippen LogP) is 2.41. The molecule has 0 amide bonds. The molecule has 1 aromatic rings. The van der Waals surface area contributed by atoms with Crippen LogP contribution in [-0.2, 0) is 0 Å². The molecule has 0 saturated heterocycles. The quantitative estimate of drug-likeness (QED) is 0.631. The molecule has 0 fully saturated rings. The van der Waals surface area contributed by atoms with Crippen molar-refractivity contribution in [3.8, 4) is 11.8 Å². The average Bonchev–Trinajstić information content (AvgIpc) is 2.16. The van der Waals surface area contributed by atoms with Crippen LogP contribution in [0.3, 0.4) is 0 Å². The number of hydrogen-bond donors (Lipinski definition) is 1. The van der Waals surface area contributed by atoms with Gasteiger partial charge in [-0.1, -0.05) is 27.8 Å². The van der Waals surface area contributed by atoms with E-state index >= 15 is 0 Å². The van der Waals surface area contributed by atoms with Gasteiger partial charge in [0, 0.05) is 0 Å². The lowest BCUT2D eigenvalue weighted by molar-refractivity contribution is 0.0695. The maximum atomic E-state index is 13.2. The van der Waals surface area contributed by atoms with Crippen molar-refractivity contribution < 1.29 is 18.7 Å². The van der Waals surface area contributed by atoms with Crippen LogP contribution >= 0.6 is 15.9 Å². The van der Waals surface area contributed by atoms with Crippen molar-refractivity contribution in [1.82, 2.24) is 0 Å². The van der Waals surface area contributed by atoms with Crippen LogP contribution in [0.15, 0.2) is 12.1 Å². The fourth-order valence-corrected chi connectivity index (χ4v) is 1.08. The summed E-state index contributed by atoms with van der Waals surface area (Å²) in [5.41, 5.74) is -0.853. The molecule has 0 bridgehead atoms. The van der Waals surface area contributed by atoms with Gasteiger partial charge in [0.2, 0.25) is 0 Å². The van der Waals surface area contributed by atoms with E-state index in [1.807, 2.05) is 0 Å². The Labute approximate surface area is 93.0 Å². The van der Waals surface area contributed by atoms with Gasteiger partial charge in [-0.05, 0) is 12.1 Å². The SMILES string of the molecule is O=C(O)c1cc(F)c(C#CCBr)c(F)c1. The van der Waals surface area contributed by atoms with E-state index in [2.05, 4.69) is 27.8 Å². The minimum absolute atomic E-state index is 0.284. The highest BCUT2D eigenvalue weighted by Gasteiger charge is 2.12. The average molecular weight is 275 g/mol. The van der Waals surface area contributed by atoms with Crippen LogP contribution in [0, 0.1) is 23.5 Å². The number of carboxylic acid groups (broad SMARTS) is 1. The van der Waals surface area contributed by atoms with Crippen molar-refractivity contribution in [1.29, 1.82) is 0 Å². The molecule has 2 nitrogen and oxygen atoms in total. The Hall–Kier alpha value is -1.41. The minimum atomic E-state index is -1.38. The number of carboxylic acids is 1. The van der Waals surface area contributed by atoms with Gasteiger partial charge in [-0.3, -0.25) is 0 Å². The number of halogens is 3. The largest absolute Gasteiger partial charge is 0.478 e. The number of carbonyl (C=O) groups is 1. The molecule has 0 radical (unpaired) electrons. The summed E-state index contributed by atoms with van der Waals surface area (Å²) in [4.78, 5) is 10.5. The summed E-state index contributed by atoms with van der Waals surface area (Å²) in [6.45, 7) is 0. The van der Waals surface area contributed by atoms with E-state index in [9.17, 15) is 13.6 Å². The monoisotopic (exact) mass is 274 g/mol. The van der Waals surface area contributed by atoms with Gasteiger partial charge in [0.1, 0.15) is 11.6 Å². The second-order valence-electron chi connectivity index (χ2n) is 2.56. The van der Waals surface area contributed by atoms with Crippen molar-refractivity contribution >= 4 is 21.9 Å². The first-order valence-electron chi connectivity index (χ1n) is 3.83. The summed E-state index contributed by atoms with van der Waals surface area (Å²) in [5, 5.41) is 8.81. The third-order valence-corrected chi connectivity index (χ3v) is 1.85. The second kappa shape index (κ2) is 4.89. The van der Waals surface area contributed by atoms with Crippen molar-refractivity contribution in [3.63, 3.8) is 0 Å². The summed E-state index contributed by atoms with van der Waals surface area (Å²) in [6, 6.07) is 1.48. The summed E-state index contributed by atoms with van der Waals surface area (Å²) in [5.74, 6) is 1.37. The fraction of sp³-hybridized carbons (Fsp3) is 0.100. The van der Waals surface area contributed by atoms with Crippen LogP contribution in [0.5, 0.6) is 0 Å². The van der Waals surface area contributed by atoms with Crippen LogP contribution in [0.25, 0.3) is 0 Å². The van der Waals surface area contributed by atoms with Gasteiger partial charge in [0.25, 0.3) is 0 Å². The zero-order valence-corrected chi connectivity index (χ0v) is 8.94. The molecule has 0 aromatic heterocycles. The number of rotatable bonds is 1. The molecule has 0 saturated carbocycles. The minimum Gasteiger partial charge on any atom is -0.478 e. The van der Waals surface area contributed by atoms with Crippen molar-refractivity contribution in [2.75, 3.05) is 5.33 Å². The zero-order valence-electron chi connectivity index (χ0n) is 7.35. The van der Waals surface area contributed by atoms with Gasteiger partial charge in [0.15, 0.2) is 0 Å². The molecule has 0 unspecified atom stereocenters. The number of benzene rings is 1. The summed E-state index contributed by atoms with van der Waals surface area (Å²) in [7, 11) is 0. The van der Waals surface area contributed by atoms with E-state index in [0.717, 1.165) is 12.1 Å². The summed E-state index contributed by atoms with van der Waals surface area (Å²) in [6.07, 6.45) is 0. The summed E-state index contributed by atoms with van der Waals surface area (Å²) >= 11 is 2.98. The number of aromatic carboxylic acids is 1. The Morgan fingerprint density at radius 1 is 1.40 bits per heavy atom. The van der Waals surface area contributed by atoms with Gasteiger partial charge in [-0.15, -0.1) is 0 Å². The first-order chi connectivity index (χ1) is 7.06. The van der Waals surface area contributed by atoms with E-state index < -0.39 is 28.7 Å². The Kier molecular flexibility index (Phi) is 3.81. The van der Waals surface area contributed by atoms with E-state index in [4.69, 9.17) is 5.11 Å². The lowest BCUT2D eigenvalue weighted by atomic mass is 10.1. The molecular formula is C10H5BrF2O2. The molecule has 0 heterocycles. The molecule has 5 heteroatoms. The topological polar surface area (TPSA) is 37.3 Å². The van der Waals surface area contributed by atoms with Crippen LogP contribution in [0.4, 0.5) is 8.78 Å². The first kappa shape index (κ1) is 11.7. The highest BCUT2D eigenvalue weighted by atomic mass is 79.9. The number of hydrogen-bond acceptors (Lipinski definition) is 1. The molecule has 78 valence electrons. The molecule has 15 heavy (non-hydrogen) atoms. The van der Waals surface area contributed by atoms with Crippen molar-refractivity contribution in [3.05, 3.63) is 34.9 Å². The molecule has 1 N–H and O–H groups in total. The van der Waals surface area contributed by atoms with Crippen LogP contribution < -0.4 is 0 Å². The Morgan fingerprint density at radius 3 is 2.33 bits per heavy atom. The van der Waals surface area contributed by atoms with Crippen LogP contribution in [0.2, 0.25) is 0 Å². The molecule has 0 aliphatic rings. The molecule has 0 spiro atoms. The lowest BCUT2D eigenvalue weighted by Gasteiger charge is -1.99. The highest BCUT2D eigenvalue weighted by molar-refractivity contribution is 9.09. The van der Waals surface area contributed by atoms with Gasteiger partial charge in [0.05, 0.1) is 16.5 Å². The Bertz CT molecular complexity index is 437. The van der Waals surface area contributed by atoms with Gasteiger partial charge < -0.3 is 5.11 Å². The normalized spacial score (nSPS) is 9.27. The standard InChI is InChI=1S/C10H5BrF2O2/c11-3-1-2-7-8(12)4-6(10(14)15)5-9(7)13/h4-5H,3H2,(H,14,15). The van der Waals surface area contributed by atoms with Crippen molar-refractivity contribution in [2.45, 2.75) is 0 Å². The Balaban J connectivity index is 3.27. The van der Waals surface area contributed by atoms with Crippen LogP contribution in [0.1, 0.15) is 15.9 Å². The van der Waals surface area contributed by atoms with E-state index in [0.29, 0.717) is 0 Å². The number of alkyl halides is 1. The molecule has 1 aromatic carbocycles. The molecular weight excluding hydrogens is 270 g/mol. The first-order valence-corrected chi connectivity index (χ1v) is 4.95. The third kappa shape index (κ3) is 2.77. The smallest absolute Gasteiger partial charge is 0.335 e. The zero-order chi connectivity index (χ0) is 11.4. The van der Waals surface area contributed by atoms with E-state index in [-0.39, 0.29) is 5.33 Å². The van der Waals surface area contributed by atoms with E-state index in [1.54, 1.807) is 0 Å². The Morgan fingerprint density at radius 2 is 1.93 bits per heavy atom. The predicted molar refractivity (Wildman–Crippen MR) is 54.0 cm³/mol. The third-order valence-electron chi connectivity index (χ3n) is 1.57. The lowest BCUT2D eigenvalue weighted by Crippen LogP contribution is -2.01. The molecule has 0 atom stereocenters. The maximum Gasteiger partial charge on any atom is 0.335 e. The molecule has 0 aliphatic carbocycles.